The molecule has 7 heteroatoms. The number of aryl methyl sites for hydroxylation is 1. The van der Waals surface area contributed by atoms with Crippen molar-refractivity contribution in [2.45, 2.75) is 18.9 Å². The lowest BCUT2D eigenvalue weighted by atomic mass is 9.83. The summed E-state index contributed by atoms with van der Waals surface area (Å²) in [5.74, 6) is 0.918. The largest absolute Gasteiger partial charge is 0.507 e. The number of hydrogen-bond acceptors (Lipinski definition) is 5. The van der Waals surface area contributed by atoms with Gasteiger partial charge in [0.25, 0.3) is 5.56 Å². The van der Waals surface area contributed by atoms with Crippen LogP contribution in [0.3, 0.4) is 0 Å². The lowest BCUT2D eigenvalue weighted by Gasteiger charge is -2.31. The van der Waals surface area contributed by atoms with E-state index < -0.39 is 0 Å². The van der Waals surface area contributed by atoms with Crippen molar-refractivity contribution in [1.82, 2.24) is 4.57 Å². The van der Waals surface area contributed by atoms with Gasteiger partial charge in [0.05, 0.1) is 27.9 Å². The SMILES string of the molecule is COc1cccc(C2C3=C(N=c4sc(=Cc5ccc(O)c(Br)c5)c(=O)n42)c2ccccc2CC3)c1. The first kappa shape index (κ1) is 22.1. The van der Waals surface area contributed by atoms with E-state index in [1.54, 1.807) is 25.3 Å². The van der Waals surface area contributed by atoms with Crippen LogP contribution < -0.4 is 19.6 Å². The minimum absolute atomic E-state index is 0.0730. The number of phenolic OH excluding ortho intramolecular Hbond substituents is 1. The van der Waals surface area contributed by atoms with Gasteiger partial charge in [-0.05, 0) is 81.4 Å². The number of methoxy groups -OCH3 is 1. The van der Waals surface area contributed by atoms with Crippen LogP contribution in [0.4, 0.5) is 0 Å². The van der Waals surface area contributed by atoms with Gasteiger partial charge in [-0.15, -0.1) is 0 Å². The fraction of sp³-hybridized carbons (Fsp3) is 0.143. The van der Waals surface area contributed by atoms with Crippen LogP contribution in [-0.4, -0.2) is 16.8 Å². The number of hydrogen-bond donors (Lipinski definition) is 1. The number of phenols is 1. The van der Waals surface area contributed by atoms with Crippen LogP contribution >= 0.6 is 27.3 Å². The summed E-state index contributed by atoms with van der Waals surface area (Å²) < 4.78 is 8.52. The number of fused-ring (bicyclic) bond motifs is 3. The zero-order chi connectivity index (χ0) is 24.1. The highest BCUT2D eigenvalue weighted by Gasteiger charge is 2.32. The molecule has 0 spiro atoms. The van der Waals surface area contributed by atoms with Gasteiger partial charge < -0.3 is 9.84 Å². The molecule has 6 rings (SSSR count). The van der Waals surface area contributed by atoms with Crippen molar-refractivity contribution in [3.8, 4) is 11.5 Å². The normalized spacial score (nSPS) is 16.9. The highest BCUT2D eigenvalue weighted by atomic mass is 79.9. The number of ether oxygens (including phenoxy) is 1. The minimum atomic E-state index is -0.251. The molecule has 174 valence electrons. The Bertz CT molecular complexity index is 1700. The Labute approximate surface area is 214 Å². The predicted molar refractivity (Wildman–Crippen MR) is 142 cm³/mol. The van der Waals surface area contributed by atoms with Crippen LogP contribution in [0.25, 0.3) is 11.8 Å². The number of halogens is 1. The number of thiazole rings is 1. The van der Waals surface area contributed by atoms with Crippen molar-refractivity contribution in [2.24, 2.45) is 4.99 Å². The van der Waals surface area contributed by atoms with Gasteiger partial charge in [0.1, 0.15) is 11.5 Å². The number of aromatic nitrogens is 1. The fourth-order valence-electron chi connectivity index (χ4n) is 4.90. The second kappa shape index (κ2) is 8.66. The maximum absolute atomic E-state index is 13.8. The summed E-state index contributed by atoms with van der Waals surface area (Å²) in [5.41, 5.74) is 6.31. The van der Waals surface area contributed by atoms with Crippen LogP contribution in [0.1, 0.15) is 34.7 Å². The van der Waals surface area contributed by atoms with Crippen LogP contribution in [0.5, 0.6) is 11.5 Å². The molecule has 1 unspecified atom stereocenters. The molecular formula is C28H21BrN2O3S. The monoisotopic (exact) mass is 544 g/mol. The van der Waals surface area contributed by atoms with E-state index in [0.29, 0.717) is 13.8 Å². The van der Waals surface area contributed by atoms with Crippen molar-refractivity contribution in [3.05, 3.63) is 119 Å². The molecule has 0 amide bonds. The molecule has 35 heavy (non-hydrogen) atoms. The van der Waals surface area contributed by atoms with Crippen LogP contribution in [-0.2, 0) is 6.42 Å². The van der Waals surface area contributed by atoms with E-state index in [0.717, 1.165) is 46.6 Å². The van der Waals surface area contributed by atoms with Crippen LogP contribution in [0.2, 0.25) is 0 Å². The van der Waals surface area contributed by atoms with Gasteiger partial charge in [-0.25, -0.2) is 4.99 Å². The summed E-state index contributed by atoms with van der Waals surface area (Å²) >= 11 is 4.75. The Morgan fingerprint density at radius 3 is 2.80 bits per heavy atom. The molecule has 0 saturated carbocycles. The summed E-state index contributed by atoms with van der Waals surface area (Å²) in [6, 6.07) is 21.3. The van der Waals surface area contributed by atoms with Crippen LogP contribution in [0, 0.1) is 0 Å². The number of nitrogens with zero attached hydrogens (tertiary/aromatic N) is 2. The predicted octanol–water partition coefficient (Wildman–Crippen LogP) is 4.80. The molecule has 1 atom stereocenters. The fourth-order valence-corrected chi connectivity index (χ4v) is 6.30. The van der Waals surface area contributed by atoms with E-state index in [-0.39, 0.29) is 17.4 Å². The second-order valence-corrected chi connectivity index (χ2v) is 10.5. The van der Waals surface area contributed by atoms with Gasteiger partial charge in [-0.2, -0.15) is 0 Å². The molecule has 4 aromatic rings. The Morgan fingerprint density at radius 1 is 1.11 bits per heavy atom. The first-order chi connectivity index (χ1) is 17.0. The summed E-state index contributed by atoms with van der Waals surface area (Å²) in [4.78, 5) is 19.5. The number of benzene rings is 3. The zero-order valence-electron chi connectivity index (χ0n) is 18.9. The van der Waals surface area contributed by atoms with Gasteiger partial charge in [0, 0.05) is 5.56 Å². The van der Waals surface area contributed by atoms with Gasteiger partial charge in [-0.3, -0.25) is 9.36 Å². The third-order valence-corrected chi connectivity index (χ3v) is 8.17. The number of rotatable bonds is 3. The van der Waals surface area contributed by atoms with E-state index in [2.05, 4.69) is 40.2 Å². The standard InChI is InChI=1S/C28H21BrN2O3S/c1-34-19-7-4-6-18(15-19)26-21-11-10-17-5-2-3-8-20(17)25(21)30-28-31(26)27(33)24(35-28)14-16-9-12-23(32)22(29)13-16/h2-9,12-15,26,32H,10-11H2,1H3. The van der Waals surface area contributed by atoms with E-state index in [9.17, 15) is 9.90 Å². The summed E-state index contributed by atoms with van der Waals surface area (Å²) in [7, 11) is 1.65. The van der Waals surface area contributed by atoms with Crippen molar-refractivity contribution in [2.75, 3.05) is 7.11 Å². The molecule has 5 nitrogen and oxygen atoms in total. The van der Waals surface area contributed by atoms with Crippen molar-refractivity contribution in [1.29, 1.82) is 0 Å². The summed E-state index contributed by atoms with van der Waals surface area (Å²) in [6.45, 7) is 0. The quantitative estimate of drug-likeness (QED) is 0.403. The lowest BCUT2D eigenvalue weighted by Crippen LogP contribution is -2.38. The Hall–Kier alpha value is -3.42. The minimum Gasteiger partial charge on any atom is -0.507 e. The highest BCUT2D eigenvalue weighted by molar-refractivity contribution is 9.10. The molecule has 2 heterocycles. The summed E-state index contributed by atoms with van der Waals surface area (Å²) in [6.07, 6.45) is 3.61. The summed E-state index contributed by atoms with van der Waals surface area (Å²) in [5, 5.41) is 9.84. The zero-order valence-corrected chi connectivity index (χ0v) is 21.3. The van der Waals surface area contributed by atoms with E-state index >= 15 is 0 Å². The first-order valence-electron chi connectivity index (χ1n) is 11.3. The molecule has 1 aliphatic heterocycles. The average Bonchev–Trinajstić information content (AvgIpc) is 3.19. The third-order valence-electron chi connectivity index (χ3n) is 6.55. The highest BCUT2D eigenvalue weighted by Crippen LogP contribution is 2.41. The average molecular weight is 545 g/mol. The topological polar surface area (TPSA) is 63.8 Å². The van der Waals surface area contributed by atoms with Gasteiger partial charge in [0.15, 0.2) is 4.80 Å². The van der Waals surface area contributed by atoms with Crippen LogP contribution in [0.15, 0.2) is 86.6 Å². The maximum atomic E-state index is 13.8. The number of allylic oxidation sites excluding steroid dienone is 1. The maximum Gasteiger partial charge on any atom is 0.271 e. The lowest BCUT2D eigenvalue weighted by molar-refractivity contribution is 0.413. The molecule has 0 fully saturated rings. The van der Waals surface area contributed by atoms with Crippen molar-refractivity contribution in [3.63, 3.8) is 0 Å². The van der Waals surface area contributed by atoms with E-state index in [1.165, 1.54) is 16.9 Å². The Morgan fingerprint density at radius 2 is 1.97 bits per heavy atom. The molecule has 0 saturated heterocycles. The molecule has 1 aliphatic carbocycles. The van der Waals surface area contributed by atoms with Gasteiger partial charge in [-0.1, -0.05) is 53.8 Å². The molecular weight excluding hydrogens is 524 g/mol. The third kappa shape index (κ3) is 3.75. The van der Waals surface area contributed by atoms with E-state index in [1.807, 2.05) is 34.9 Å². The number of aromatic hydroxyl groups is 1. The van der Waals surface area contributed by atoms with E-state index in [4.69, 9.17) is 9.73 Å². The van der Waals surface area contributed by atoms with Gasteiger partial charge in [0.2, 0.25) is 0 Å². The van der Waals surface area contributed by atoms with Gasteiger partial charge >= 0.3 is 0 Å². The molecule has 1 aromatic heterocycles. The molecule has 1 N–H and O–H groups in total. The molecule has 2 aliphatic rings. The molecule has 0 radical (unpaired) electrons. The first-order valence-corrected chi connectivity index (χ1v) is 12.9. The Kier molecular flexibility index (Phi) is 5.46. The van der Waals surface area contributed by atoms with Crippen molar-refractivity contribution < 1.29 is 9.84 Å². The Balaban J connectivity index is 1.62. The molecule has 3 aromatic carbocycles. The smallest absolute Gasteiger partial charge is 0.271 e. The van der Waals surface area contributed by atoms with Crippen molar-refractivity contribution >= 4 is 39.0 Å². The second-order valence-electron chi connectivity index (χ2n) is 8.60. The molecule has 0 bridgehead atoms.